The summed E-state index contributed by atoms with van der Waals surface area (Å²) < 4.78 is 13.0. The van der Waals surface area contributed by atoms with E-state index in [4.69, 9.17) is 0 Å². The van der Waals surface area contributed by atoms with Crippen LogP contribution in [0.3, 0.4) is 0 Å². The van der Waals surface area contributed by atoms with Crippen LogP contribution < -0.4 is 5.32 Å². The van der Waals surface area contributed by atoms with Crippen molar-refractivity contribution in [3.63, 3.8) is 0 Å². The van der Waals surface area contributed by atoms with Gasteiger partial charge in [0.15, 0.2) is 0 Å². The lowest BCUT2D eigenvalue weighted by atomic mass is 10.0. The summed E-state index contributed by atoms with van der Waals surface area (Å²) in [4.78, 5) is 0. The van der Waals surface area contributed by atoms with Crippen LogP contribution in [0.4, 0.5) is 4.39 Å². The largest absolute Gasteiger partial charge is 0.315 e. The summed E-state index contributed by atoms with van der Waals surface area (Å²) in [6.07, 6.45) is 0.755. The van der Waals surface area contributed by atoms with Gasteiger partial charge in [-0.25, -0.2) is 4.39 Å². The van der Waals surface area contributed by atoms with Gasteiger partial charge < -0.3 is 5.32 Å². The molecule has 0 aliphatic rings. The maximum Gasteiger partial charge on any atom is 0.123 e. The third-order valence-electron chi connectivity index (χ3n) is 3.19. The highest BCUT2D eigenvalue weighted by Gasteiger charge is 2.08. The molecule has 0 amide bonds. The van der Waals surface area contributed by atoms with Crippen LogP contribution in [-0.4, -0.2) is 13.1 Å². The van der Waals surface area contributed by atoms with Crippen molar-refractivity contribution < 1.29 is 4.39 Å². The first-order chi connectivity index (χ1) is 9.79. The molecule has 0 bridgehead atoms. The van der Waals surface area contributed by atoms with Gasteiger partial charge in [0.05, 0.1) is 12.0 Å². The standard InChI is InChI=1S/C17H17FN2/c18-17-8-4-5-14(11-17)9-10-20-13-16(12-19)15-6-2-1-3-7-15/h1-8,11,16,20H,9-10,13H2. The van der Waals surface area contributed by atoms with E-state index < -0.39 is 0 Å². The van der Waals surface area contributed by atoms with Crippen LogP contribution in [0.2, 0.25) is 0 Å². The van der Waals surface area contributed by atoms with E-state index in [0.717, 1.165) is 24.1 Å². The molecule has 0 saturated carbocycles. The Morgan fingerprint density at radius 3 is 2.60 bits per heavy atom. The summed E-state index contributed by atoms with van der Waals surface area (Å²) >= 11 is 0. The molecule has 2 aromatic carbocycles. The molecule has 20 heavy (non-hydrogen) atoms. The van der Waals surface area contributed by atoms with Gasteiger partial charge in [-0.05, 0) is 36.2 Å². The molecule has 2 rings (SSSR count). The van der Waals surface area contributed by atoms with Gasteiger partial charge in [0.2, 0.25) is 0 Å². The molecule has 0 aliphatic carbocycles. The van der Waals surface area contributed by atoms with E-state index in [1.54, 1.807) is 12.1 Å². The third kappa shape index (κ3) is 4.18. The maximum atomic E-state index is 13.0. The van der Waals surface area contributed by atoms with Gasteiger partial charge in [0, 0.05) is 6.54 Å². The predicted octanol–water partition coefficient (Wildman–Crippen LogP) is 3.27. The Bertz CT molecular complexity index is 575. The molecular weight excluding hydrogens is 251 g/mol. The average Bonchev–Trinajstić information content (AvgIpc) is 2.48. The van der Waals surface area contributed by atoms with Gasteiger partial charge in [-0.15, -0.1) is 0 Å². The van der Waals surface area contributed by atoms with Crippen molar-refractivity contribution >= 4 is 0 Å². The van der Waals surface area contributed by atoms with Crippen LogP contribution in [0.1, 0.15) is 17.0 Å². The number of nitrogens with zero attached hydrogens (tertiary/aromatic N) is 1. The molecule has 0 radical (unpaired) electrons. The molecule has 2 nitrogen and oxygen atoms in total. The van der Waals surface area contributed by atoms with E-state index in [-0.39, 0.29) is 11.7 Å². The van der Waals surface area contributed by atoms with Crippen LogP contribution in [0.5, 0.6) is 0 Å². The zero-order chi connectivity index (χ0) is 14.2. The highest BCUT2D eigenvalue weighted by atomic mass is 19.1. The number of benzene rings is 2. The Balaban J connectivity index is 1.79. The fourth-order valence-corrected chi connectivity index (χ4v) is 2.09. The van der Waals surface area contributed by atoms with Crippen LogP contribution in [-0.2, 0) is 6.42 Å². The zero-order valence-electron chi connectivity index (χ0n) is 11.2. The number of nitriles is 1. The number of hydrogen-bond acceptors (Lipinski definition) is 2. The van der Waals surface area contributed by atoms with Crippen molar-refractivity contribution in [1.82, 2.24) is 5.32 Å². The monoisotopic (exact) mass is 268 g/mol. The second kappa shape index (κ2) is 7.42. The Morgan fingerprint density at radius 1 is 1.10 bits per heavy atom. The minimum Gasteiger partial charge on any atom is -0.315 e. The lowest BCUT2D eigenvalue weighted by molar-refractivity contribution is 0.620. The number of rotatable bonds is 6. The summed E-state index contributed by atoms with van der Waals surface area (Å²) in [5.41, 5.74) is 1.99. The lowest BCUT2D eigenvalue weighted by Gasteiger charge is -2.10. The third-order valence-corrected chi connectivity index (χ3v) is 3.19. The van der Waals surface area contributed by atoms with E-state index in [1.807, 2.05) is 36.4 Å². The first kappa shape index (κ1) is 14.2. The second-order valence-electron chi connectivity index (χ2n) is 4.68. The van der Waals surface area contributed by atoms with Crippen molar-refractivity contribution in [1.29, 1.82) is 5.26 Å². The van der Waals surface area contributed by atoms with Gasteiger partial charge in [-0.2, -0.15) is 5.26 Å². The van der Waals surface area contributed by atoms with Crippen molar-refractivity contribution in [2.45, 2.75) is 12.3 Å². The smallest absolute Gasteiger partial charge is 0.123 e. The molecule has 0 aromatic heterocycles. The minimum atomic E-state index is -0.207. The van der Waals surface area contributed by atoms with Crippen LogP contribution in [0, 0.1) is 17.1 Å². The molecule has 3 heteroatoms. The van der Waals surface area contributed by atoms with E-state index >= 15 is 0 Å². The van der Waals surface area contributed by atoms with Crippen LogP contribution >= 0.6 is 0 Å². The van der Waals surface area contributed by atoms with Crippen LogP contribution in [0.15, 0.2) is 54.6 Å². The summed E-state index contributed by atoms with van der Waals surface area (Å²) in [5.74, 6) is -0.356. The van der Waals surface area contributed by atoms with E-state index in [2.05, 4.69) is 11.4 Å². The Kier molecular flexibility index (Phi) is 5.28. The van der Waals surface area contributed by atoms with Gasteiger partial charge in [0.25, 0.3) is 0 Å². The minimum absolute atomic E-state index is 0.149. The van der Waals surface area contributed by atoms with Crippen LogP contribution in [0.25, 0.3) is 0 Å². The fourth-order valence-electron chi connectivity index (χ4n) is 2.09. The molecule has 102 valence electrons. The average molecular weight is 268 g/mol. The number of halogens is 1. The van der Waals surface area contributed by atoms with Crippen molar-refractivity contribution in [3.05, 3.63) is 71.5 Å². The van der Waals surface area contributed by atoms with E-state index in [9.17, 15) is 9.65 Å². The Hall–Kier alpha value is -2.18. The molecule has 0 fully saturated rings. The molecule has 0 saturated heterocycles. The number of nitrogens with one attached hydrogen (secondary N) is 1. The van der Waals surface area contributed by atoms with Gasteiger partial charge in [-0.3, -0.25) is 0 Å². The summed E-state index contributed by atoms with van der Waals surface area (Å²) in [7, 11) is 0. The zero-order valence-corrected chi connectivity index (χ0v) is 11.2. The normalized spacial score (nSPS) is 11.8. The predicted molar refractivity (Wildman–Crippen MR) is 77.8 cm³/mol. The first-order valence-corrected chi connectivity index (χ1v) is 6.69. The maximum absolute atomic E-state index is 13.0. The van der Waals surface area contributed by atoms with Crippen molar-refractivity contribution in [3.8, 4) is 6.07 Å². The highest BCUT2D eigenvalue weighted by Crippen LogP contribution is 2.13. The molecule has 0 heterocycles. The SMILES string of the molecule is N#CC(CNCCc1cccc(F)c1)c1ccccc1. The molecule has 1 N–H and O–H groups in total. The summed E-state index contributed by atoms with van der Waals surface area (Å²) in [6.45, 7) is 1.34. The van der Waals surface area contributed by atoms with Crippen molar-refractivity contribution in [2.75, 3.05) is 13.1 Å². The first-order valence-electron chi connectivity index (χ1n) is 6.69. The lowest BCUT2D eigenvalue weighted by Crippen LogP contribution is -2.23. The Morgan fingerprint density at radius 2 is 1.90 bits per heavy atom. The fraction of sp³-hybridized carbons (Fsp3) is 0.235. The molecular formula is C17H17FN2. The Labute approximate surface area is 118 Å². The topological polar surface area (TPSA) is 35.8 Å². The van der Waals surface area contributed by atoms with Gasteiger partial charge >= 0.3 is 0 Å². The molecule has 0 spiro atoms. The summed E-state index contributed by atoms with van der Waals surface area (Å²) in [6, 6.07) is 18.6. The number of hydrogen-bond donors (Lipinski definition) is 1. The molecule has 1 unspecified atom stereocenters. The van der Waals surface area contributed by atoms with E-state index in [1.165, 1.54) is 6.07 Å². The van der Waals surface area contributed by atoms with Crippen molar-refractivity contribution in [2.24, 2.45) is 0 Å². The quantitative estimate of drug-likeness (QED) is 0.816. The van der Waals surface area contributed by atoms with E-state index in [0.29, 0.717) is 6.54 Å². The molecule has 2 aromatic rings. The second-order valence-corrected chi connectivity index (χ2v) is 4.68. The molecule has 0 aliphatic heterocycles. The van der Waals surface area contributed by atoms with Gasteiger partial charge in [0.1, 0.15) is 5.82 Å². The highest BCUT2D eigenvalue weighted by molar-refractivity contribution is 5.25. The summed E-state index contributed by atoms with van der Waals surface area (Å²) in [5, 5.41) is 12.5. The van der Waals surface area contributed by atoms with Gasteiger partial charge in [-0.1, -0.05) is 42.5 Å². The molecule has 1 atom stereocenters.